The van der Waals surface area contributed by atoms with Crippen LogP contribution < -0.4 is 5.32 Å². The van der Waals surface area contributed by atoms with Crippen LogP contribution in [-0.2, 0) is 0 Å². The van der Waals surface area contributed by atoms with E-state index in [-0.39, 0.29) is 0 Å². The van der Waals surface area contributed by atoms with Crippen LogP contribution in [0.5, 0.6) is 0 Å². The van der Waals surface area contributed by atoms with Crippen LogP contribution in [-0.4, -0.2) is 6.04 Å². The van der Waals surface area contributed by atoms with E-state index in [1.165, 1.54) is 45.8 Å². The third-order valence-electron chi connectivity index (χ3n) is 3.86. The normalized spacial score (nSPS) is 23.4. The molecule has 1 aliphatic carbocycles. The highest BCUT2D eigenvalue weighted by Gasteiger charge is 2.24. The lowest BCUT2D eigenvalue weighted by Crippen LogP contribution is -2.19. The Morgan fingerprint density at radius 2 is 2.06 bits per heavy atom. The number of halogens is 2. The summed E-state index contributed by atoms with van der Waals surface area (Å²) in [4.78, 5) is 0. The zero-order chi connectivity index (χ0) is 13.2. The Balaban J connectivity index is 2.03. The average Bonchev–Trinajstić information content (AvgIpc) is 2.46. The standard InChI is InChI=1S/C15H21BrIN/c1-15(2)8-3-4-12(7-9-15)18-14-10-11(17)5-6-13(14)16/h5-6,10,12,18H,3-4,7-9H2,1-2H3. The maximum absolute atomic E-state index is 3.72. The molecule has 1 saturated carbocycles. The summed E-state index contributed by atoms with van der Waals surface area (Å²) in [6.45, 7) is 4.80. The summed E-state index contributed by atoms with van der Waals surface area (Å²) in [5.74, 6) is 0. The monoisotopic (exact) mass is 421 g/mol. The van der Waals surface area contributed by atoms with E-state index in [0.29, 0.717) is 11.5 Å². The molecule has 18 heavy (non-hydrogen) atoms. The molecule has 1 atom stereocenters. The summed E-state index contributed by atoms with van der Waals surface area (Å²) in [5, 5.41) is 3.72. The second-order valence-corrected chi connectivity index (χ2v) is 8.16. The van der Waals surface area contributed by atoms with Gasteiger partial charge in [-0.15, -0.1) is 0 Å². The van der Waals surface area contributed by atoms with Crippen molar-refractivity contribution in [2.45, 2.75) is 52.0 Å². The van der Waals surface area contributed by atoms with Gasteiger partial charge in [-0.1, -0.05) is 20.3 Å². The Bertz CT molecular complexity index is 417. The van der Waals surface area contributed by atoms with E-state index >= 15 is 0 Å². The highest BCUT2D eigenvalue weighted by Crippen LogP contribution is 2.35. The molecule has 0 saturated heterocycles. The van der Waals surface area contributed by atoms with Crippen LogP contribution >= 0.6 is 38.5 Å². The highest BCUT2D eigenvalue weighted by molar-refractivity contribution is 14.1. The SMILES string of the molecule is CC1(C)CCCC(Nc2cc(I)ccc2Br)CC1. The van der Waals surface area contributed by atoms with E-state index in [1.54, 1.807) is 0 Å². The second-order valence-electron chi connectivity index (χ2n) is 6.06. The molecule has 3 heteroatoms. The molecule has 1 aromatic rings. The van der Waals surface area contributed by atoms with Crippen molar-refractivity contribution in [3.63, 3.8) is 0 Å². The Kier molecular flexibility index (Phi) is 4.98. The molecule has 1 nitrogen and oxygen atoms in total. The van der Waals surface area contributed by atoms with Crippen molar-refractivity contribution in [1.29, 1.82) is 0 Å². The van der Waals surface area contributed by atoms with Crippen LogP contribution in [0.2, 0.25) is 0 Å². The van der Waals surface area contributed by atoms with Crippen LogP contribution in [0.25, 0.3) is 0 Å². The Morgan fingerprint density at radius 3 is 2.83 bits per heavy atom. The fourth-order valence-electron chi connectivity index (χ4n) is 2.63. The minimum Gasteiger partial charge on any atom is -0.381 e. The summed E-state index contributed by atoms with van der Waals surface area (Å²) >= 11 is 6.00. The van der Waals surface area contributed by atoms with Crippen molar-refractivity contribution >= 4 is 44.2 Å². The molecule has 0 amide bonds. The quantitative estimate of drug-likeness (QED) is 0.468. The molecular formula is C15H21BrIN. The van der Waals surface area contributed by atoms with Crippen molar-refractivity contribution in [2.75, 3.05) is 5.32 Å². The molecule has 0 heterocycles. The zero-order valence-corrected chi connectivity index (χ0v) is 14.8. The Hall–Kier alpha value is 0.230. The van der Waals surface area contributed by atoms with Gasteiger partial charge in [0.25, 0.3) is 0 Å². The van der Waals surface area contributed by atoms with E-state index in [9.17, 15) is 0 Å². The minimum absolute atomic E-state index is 0.527. The highest BCUT2D eigenvalue weighted by atomic mass is 127. The second kappa shape index (κ2) is 6.12. The molecule has 1 aliphatic rings. The van der Waals surface area contributed by atoms with E-state index < -0.39 is 0 Å². The largest absolute Gasteiger partial charge is 0.381 e. The molecule has 0 aliphatic heterocycles. The van der Waals surface area contributed by atoms with Gasteiger partial charge in [0.1, 0.15) is 0 Å². The number of hydrogen-bond acceptors (Lipinski definition) is 1. The molecular weight excluding hydrogens is 401 g/mol. The van der Waals surface area contributed by atoms with Crippen molar-refractivity contribution in [2.24, 2.45) is 5.41 Å². The molecule has 1 aromatic carbocycles. The molecule has 1 N–H and O–H groups in total. The summed E-state index contributed by atoms with van der Waals surface area (Å²) in [6.07, 6.45) is 6.60. The molecule has 2 rings (SSSR count). The molecule has 0 aromatic heterocycles. The first-order chi connectivity index (χ1) is 8.46. The van der Waals surface area contributed by atoms with Gasteiger partial charge in [0.05, 0.1) is 0 Å². The van der Waals surface area contributed by atoms with Crippen LogP contribution in [0.4, 0.5) is 5.69 Å². The van der Waals surface area contributed by atoms with E-state index in [0.717, 1.165) is 0 Å². The van der Waals surface area contributed by atoms with Crippen LogP contribution in [0, 0.1) is 8.99 Å². The number of nitrogens with one attached hydrogen (secondary N) is 1. The van der Waals surface area contributed by atoms with Crippen molar-refractivity contribution in [1.82, 2.24) is 0 Å². The smallest absolute Gasteiger partial charge is 0.0497 e. The third kappa shape index (κ3) is 4.12. The first-order valence-corrected chi connectivity index (χ1v) is 8.55. The van der Waals surface area contributed by atoms with Gasteiger partial charge < -0.3 is 5.32 Å². The Morgan fingerprint density at radius 1 is 1.28 bits per heavy atom. The predicted octanol–water partition coefficient (Wildman–Crippen LogP) is 5.82. The molecule has 100 valence electrons. The van der Waals surface area contributed by atoms with Gasteiger partial charge in [-0.3, -0.25) is 0 Å². The van der Waals surface area contributed by atoms with E-state index in [2.05, 4.69) is 75.9 Å². The van der Waals surface area contributed by atoms with E-state index in [1.807, 2.05) is 0 Å². The molecule has 0 spiro atoms. The van der Waals surface area contributed by atoms with Gasteiger partial charge in [0, 0.05) is 19.8 Å². The van der Waals surface area contributed by atoms with Gasteiger partial charge in [-0.2, -0.15) is 0 Å². The van der Waals surface area contributed by atoms with Crippen molar-refractivity contribution in [3.8, 4) is 0 Å². The number of hydrogen-bond donors (Lipinski definition) is 1. The average molecular weight is 422 g/mol. The molecule has 0 radical (unpaired) electrons. The van der Waals surface area contributed by atoms with Gasteiger partial charge in [-0.05, 0) is 87.8 Å². The zero-order valence-electron chi connectivity index (χ0n) is 11.1. The summed E-state index contributed by atoms with van der Waals surface area (Å²) in [6, 6.07) is 7.11. The van der Waals surface area contributed by atoms with Crippen LogP contribution in [0.15, 0.2) is 22.7 Å². The van der Waals surface area contributed by atoms with Crippen molar-refractivity contribution < 1.29 is 0 Å². The number of benzene rings is 1. The maximum Gasteiger partial charge on any atom is 0.0497 e. The lowest BCUT2D eigenvalue weighted by Gasteiger charge is -2.22. The summed E-state index contributed by atoms with van der Waals surface area (Å²) in [7, 11) is 0. The van der Waals surface area contributed by atoms with Crippen LogP contribution in [0.3, 0.4) is 0 Å². The van der Waals surface area contributed by atoms with Crippen molar-refractivity contribution in [3.05, 3.63) is 26.2 Å². The predicted molar refractivity (Wildman–Crippen MR) is 91.1 cm³/mol. The van der Waals surface area contributed by atoms with Gasteiger partial charge in [0.15, 0.2) is 0 Å². The number of rotatable bonds is 2. The van der Waals surface area contributed by atoms with Gasteiger partial charge in [-0.25, -0.2) is 0 Å². The summed E-state index contributed by atoms with van der Waals surface area (Å²) in [5.41, 5.74) is 1.77. The topological polar surface area (TPSA) is 12.0 Å². The van der Waals surface area contributed by atoms with E-state index in [4.69, 9.17) is 0 Å². The lowest BCUT2D eigenvalue weighted by molar-refractivity contribution is 0.313. The minimum atomic E-state index is 0.527. The maximum atomic E-state index is 3.72. The fraction of sp³-hybridized carbons (Fsp3) is 0.600. The first kappa shape index (κ1) is 14.6. The lowest BCUT2D eigenvalue weighted by atomic mass is 9.85. The first-order valence-electron chi connectivity index (χ1n) is 6.68. The van der Waals surface area contributed by atoms with Gasteiger partial charge >= 0.3 is 0 Å². The Labute approximate surface area is 132 Å². The molecule has 1 fully saturated rings. The summed E-state index contributed by atoms with van der Waals surface area (Å²) < 4.78 is 2.46. The molecule has 0 bridgehead atoms. The molecule has 1 unspecified atom stereocenters. The number of anilines is 1. The van der Waals surface area contributed by atoms with Crippen LogP contribution in [0.1, 0.15) is 46.0 Å². The third-order valence-corrected chi connectivity index (χ3v) is 5.23. The van der Waals surface area contributed by atoms with Gasteiger partial charge in [0.2, 0.25) is 0 Å². The fourth-order valence-corrected chi connectivity index (χ4v) is 3.49.